The standard InChI is InChI=1S/C57H44/c1-55(2,3)37-25-24-35-27-38(56(4,5)6)31-45(44(35)30-37)34-23-22-33-28-46-41-17-13-18-43-53(41)48(47(46)29-36(33)26-34)32-52-54(43)42-16-9-12-21-51(42)57(52)49-19-10-7-14-39(49)40-15-8-11-20-50(40)57/h7-32H,1-6H3. The highest BCUT2D eigenvalue weighted by Gasteiger charge is 2.52. The number of hydrogen-bond acceptors (Lipinski definition) is 0. The molecule has 0 amide bonds. The van der Waals surface area contributed by atoms with Crippen LogP contribution in [-0.2, 0) is 16.2 Å². The third-order valence-corrected chi connectivity index (χ3v) is 13.7. The zero-order valence-electron chi connectivity index (χ0n) is 33.5. The van der Waals surface area contributed by atoms with Gasteiger partial charge in [-0.05, 0) is 162 Å². The molecule has 1 spiro atoms. The van der Waals surface area contributed by atoms with Gasteiger partial charge in [0.15, 0.2) is 0 Å². The Labute approximate surface area is 335 Å². The van der Waals surface area contributed by atoms with Crippen LogP contribution in [0.4, 0.5) is 0 Å². The molecule has 0 N–H and O–H groups in total. The summed E-state index contributed by atoms with van der Waals surface area (Å²) in [7, 11) is 0. The van der Waals surface area contributed by atoms with Crippen molar-refractivity contribution in [1.29, 1.82) is 0 Å². The summed E-state index contributed by atoms with van der Waals surface area (Å²) in [6.07, 6.45) is 0. The van der Waals surface area contributed by atoms with Gasteiger partial charge in [-0.15, -0.1) is 0 Å². The molecule has 272 valence electrons. The molecular weight excluding hydrogens is 685 g/mol. The number of benzene rings is 9. The first-order valence-corrected chi connectivity index (χ1v) is 20.6. The molecule has 0 bridgehead atoms. The van der Waals surface area contributed by atoms with Crippen molar-refractivity contribution >= 4 is 32.3 Å². The first-order chi connectivity index (χ1) is 27.5. The van der Waals surface area contributed by atoms with Crippen LogP contribution in [0.15, 0.2) is 158 Å². The summed E-state index contributed by atoms with van der Waals surface area (Å²) in [5.41, 5.74) is 21.4. The van der Waals surface area contributed by atoms with E-state index in [1.807, 2.05) is 0 Å². The van der Waals surface area contributed by atoms with E-state index < -0.39 is 0 Å². The average Bonchev–Trinajstić information content (AvgIpc) is 3.81. The van der Waals surface area contributed by atoms with Gasteiger partial charge in [-0.2, -0.15) is 0 Å². The third kappa shape index (κ3) is 4.28. The van der Waals surface area contributed by atoms with Crippen molar-refractivity contribution in [2.24, 2.45) is 0 Å². The summed E-state index contributed by atoms with van der Waals surface area (Å²) in [6.45, 7) is 13.9. The van der Waals surface area contributed by atoms with Crippen molar-refractivity contribution < 1.29 is 0 Å². The van der Waals surface area contributed by atoms with Crippen LogP contribution in [0.3, 0.4) is 0 Å². The highest BCUT2D eigenvalue weighted by molar-refractivity contribution is 6.22. The van der Waals surface area contributed by atoms with Crippen molar-refractivity contribution in [3.8, 4) is 55.6 Å². The smallest absolute Gasteiger partial charge is 0.0619 e. The van der Waals surface area contributed by atoms with E-state index in [1.165, 1.54) is 121 Å². The lowest BCUT2D eigenvalue weighted by Gasteiger charge is -2.30. The molecule has 0 aliphatic heterocycles. The molecule has 0 atom stereocenters. The molecule has 0 heterocycles. The van der Waals surface area contributed by atoms with Crippen LogP contribution in [0.25, 0.3) is 88.0 Å². The molecule has 0 unspecified atom stereocenters. The van der Waals surface area contributed by atoms with E-state index in [9.17, 15) is 0 Å². The van der Waals surface area contributed by atoms with E-state index in [0.29, 0.717) is 0 Å². The Morgan fingerprint density at radius 1 is 0.333 bits per heavy atom. The Kier molecular flexibility index (Phi) is 6.35. The molecule has 0 saturated carbocycles. The van der Waals surface area contributed by atoms with Gasteiger partial charge in [0.1, 0.15) is 0 Å². The maximum Gasteiger partial charge on any atom is 0.0725 e. The van der Waals surface area contributed by atoms with Gasteiger partial charge in [0.05, 0.1) is 5.41 Å². The first kappa shape index (κ1) is 33.0. The van der Waals surface area contributed by atoms with Crippen LogP contribution < -0.4 is 0 Å². The van der Waals surface area contributed by atoms with Crippen molar-refractivity contribution in [2.75, 3.05) is 0 Å². The minimum atomic E-state index is -0.377. The molecular formula is C57H44. The van der Waals surface area contributed by atoms with Gasteiger partial charge in [-0.25, -0.2) is 0 Å². The highest BCUT2D eigenvalue weighted by atomic mass is 14.5. The van der Waals surface area contributed by atoms with Crippen molar-refractivity contribution in [3.05, 3.63) is 191 Å². The van der Waals surface area contributed by atoms with Crippen molar-refractivity contribution in [2.45, 2.75) is 57.8 Å². The lowest BCUT2D eigenvalue weighted by Crippen LogP contribution is -2.25. The molecule has 12 rings (SSSR count). The predicted octanol–water partition coefficient (Wildman–Crippen LogP) is 15.4. The molecule has 9 aromatic rings. The Bertz CT molecular complexity index is 3200. The SMILES string of the molecule is CC(C)(C)c1cc(-c2ccc3cc4c(cc3c2)-c2cc3c(c5cccc-4c25)-c2ccccc2C32c3ccccc3-c3ccccc32)c2cc(C(C)(C)C)ccc2c1. The maximum absolute atomic E-state index is 2.59. The Balaban J connectivity index is 1.12. The predicted molar refractivity (Wildman–Crippen MR) is 243 cm³/mol. The van der Waals surface area contributed by atoms with E-state index in [2.05, 4.69) is 199 Å². The van der Waals surface area contributed by atoms with Crippen LogP contribution in [0, 0.1) is 0 Å². The number of hydrogen-bond donors (Lipinski definition) is 0. The lowest BCUT2D eigenvalue weighted by molar-refractivity contribution is 0.589. The maximum atomic E-state index is 2.59. The van der Waals surface area contributed by atoms with Gasteiger partial charge in [-0.3, -0.25) is 0 Å². The lowest BCUT2D eigenvalue weighted by atomic mass is 9.70. The van der Waals surface area contributed by atoms with Gasteiger partial charge in [-0.1, -0.05) is 169 Å². The van der Waals surface area contributed by atoms with Crippen LogP contribution in [0.5, 0.6) is 0 Å². The average molecular weight is 729 g/mol. The second kappa shape index (κ2) is 11.0. The highest BCUT2D eigenvalue weighted by Crippen LogP contribution is 2.65. The van der Waals surface area contributed by atoms with Gasteiger partial charge in [0.25, 0.3) is 0 Å². The molecule has 3 aliphatic carbocycles. The van der Waals surface area contributed by atoms with Crippen LogP contribution in [0.1, 0.15) is 74.9 Å². The molecule has 0 aromatic heterocycles. The molecule has 3 aliphatic rings. The number of rotatable bonds is 1. The zero-order chi connectivity index (χ0) is 38.6. The fourth-order valence-corrected chi connectivity index (χ4v) is 10.9. The van der Waals surface area contributed by atoms with E-state index in [0.717, 1.165) is 0 Å². The van der Waals surface area contributed by atoms with E-state index in [4.69, 9.17) is 0 Å². The Morgan fingerprint density at radius 2 is 0.930 bits per heavy atom. The van der Waals surface area contributed by atoms with Crippen molar-refractivity contribution in [3.63, 3.8) is 0 Å². The van der Waals surface area contributed by atoms with E-state index >= 15 is 0 Å². The van der Waals surface area contributed by atoms with Crippen molar-refractivity contribution in [1.82, 2.24) is 0 Å². The molecule has 9 aromatic carbocycles. The number of fused-ring (bicyclic) bond motifs is 16. The van der Waals surface area contributed by atoms with E-state index in [1.54, 1.807) is 0 Å². The Morgan fingerprint density at radius 3 is 1.63 bits per heavy atom. The summed E-state index contributed by atoms with van der Waals surface area (Å²) < 4.78 is 0. The van der Waals surface area contributed by atoms with E-state index in [-0.39, 0.29) is 16.2 Å². The second-order valence-corrected chi connectivity index (χ2v) is 18.9. The van der Waals surface area contributed by atoms with Gasteiger partial charge in [0.2, 0.25) is 0 Å². The molecule has 0 nitrogen and oxygen atoms in total. The third-order valence-electron chi connectivity index (χ3n) is 13.7. The fraction of sp³-hybridized carbons (Fsp3) is 0.158. The summed E-state index contributed by atoms with van der Waals surface area (Å²) in [5.74, 6) is 0. The monoisotopic (exact) mass is 728 g/mol. The normalized spacial score (nSPS) is 14.3. The Hall–Kier alpha value is -6.24. The molecule has 0 fully saturated rings. The largest absolute Gasteiger partial charge is 0.0725 e. The van der Waals surface area contributed by atoms with Gasteiger partial charge >= 0.3 is 0 Å². The molecule has 0 heteroatoms. The fourth-order valence-electron chi connectivity index (χ4n) is 10.9. The van der Waals surface area contributed by atoms with Crippen LogP contribution in [0.2, 0.25) is 0 Å². The van der Waals surface area contributed by atoms with Gasteiger partial charge < -0.3 is 0 Å². The minimum absolute atomic E-state index is 0.0331. The molecule has 0 radical (unpaired) electrons. The molecule has 0 saturated heterocycles. The van der Waals surface area contributed by atoms with Crippen LogP contribution in [-0.4, -0.2) is 0 Å². The topological polar surface area (TPSA) is 0 Å². The van der Waals surface area contributed by atoms with Crippen LogP contribution >= 0.6 is 0 Å². The zero-order valence-corrected chi connectivity index (χ0v) is 33.5. The molecule has 57 heavy (non-hydrogen) atoms. The quantitative estimate of drug-likeness (QED) is 0.158. The summed E-state index contributed by atoms with van der Waals surface area (Å²) >= 11 is 0. The summed E-state index contributed by atoms with van der Waals surface area (Å²) in [4.78, 5) is 0. The van der Waals surface area contributed by atoms with Gasteiger partial charge in [0, 0.05) is 0 Å². The second-order valence-electron chi connectivity index (χ2n) is 18.9. The summed E-state index contributed by atoms with van der Waals surface area (Å²) in [6, 6.07) is 61.2. The summed E-state index contributed by atoms with van der Waals surface area (Å²) in [5, 5.41) is 7.93. The minimum Gasteiger partial charge on any atom is -0.0619 e. The first-order valence-electron chi connectivity index (χ1n) is 20.6.